The highest BCUT2D eigenvalue weighted by Crippen LogP contribution is 2.20. The van der Waals surface area contributed by atoms with Gasteiger partial charge in [-0.15, -0.1) is 0 Å². The molecule has 0 unspecified atom stereocenters. The Bertz CT molecular complexity index is 733. The molecular weight excluding hydrogens is 300 g/mol. The minimum atomic E-state index is -0.0914. The third kappa shape index (κ3) is 4.44. The first kappa shape index (κ1) is 17.7. The maximum absolute atomic E-state index is 12.3. The molecule has 126 valence electrons. The van der Waals surface area contributed by atoms with Gasteiger partial charge in [0.05, 0.1) is 0 Å². The lowest BCUT2D eigenvalue weighted by atomic mass is 10.1. The fraction of sp³-hybridized carbons (Fsp3) is 0.300. The largest absolute Gasteiger partial charge is 0.326 e. The first-order valence-corrected chi connectivity index (χ1v) is 8.09. The maximum atomic E-state index is 12.3. The summed E-state index contributed by atoms with van der Waals surface area (Å²) >= 11 is 0. The van der Waals surface area contributed by atoms with Gasteiger partial charge in [0.2, 0.25) is 11.8 Å². The number of anilines is 2. The highest BCUT2D eigenvalue weighted by Gasteiger charge is 2.14. The molecule has 4 nitrogen and oxygen atoms in total. The van der Waals surface area contributed by atoms with Gasteiger partial charge in [-0.05, 0) is 49.6 Å². The fourth-order valence-electron chi connectivity index (χ4n) is 2.69. The summed E-state index contributed by atoms with van der Waals surface area (Å²) in [6.07, 6.45) is 0.251. The molecule has 0 aromatic heterocycles. The molecule has 24 heavy (non-hydrogen) atoms. The van der Waals surface area contributed by atoms with Crippen LogP contribution in [0.15, 0.2) is 42.5 Å². The molecule has 2 rings (SSSR count). The second-order valence-corrected chi connectivity index (χ2v) is 6.07. The van der Waals surface area contributed by atoms with Crippen LogP contribution in [0.3, 0.4) is 0 Å². The Morgan fingerprint density at radius 3 is 2.21 bits per heavy atom. The molecule has 2 aromatic carbocycles. The predicted octanol–water partition coefficient (Wildman–Crippen LogP) is 3.99. The molecule has 0 fully saturated rings. The van der Waals surface area contributed by atoms with E-state index in [0.29, 0.717) is 6.54 Å². The minimum Gasteiger partial charge on any atom is -0.326 e. The molecular formula is C20H24N2O2. The summed E-state index contributed by atoms with van der Waals surface area (Å²) in [5.74, 6) is -0.160. The molecule has 0 saturated heterocycles. The molecule has 0 radical (unpaired) electrons. The van der Waals surface area contributed by atoms with Crippen LogP contribution >= 0.6 is 0 Å². The Kier molecular flexibility index (Phi) is 5.74. The standard InChI is InChI=1S/C20H24N2O2/c1-14-7-5-10-18(13-14)22(17(4)23)12-11-19(24)21-20-15(2)8-6-9-16(20)3/h5-10,13H,11-12H2,1-4H3,(H,21,24). The van der Waals surface area contributed by atoms with Crippen molar-refractivity contribution in [3.05, 3.63) is 59.2 Å². The lowest BCUT2D eigenvalue weighted by molar-refractivity contribution is -0.117. The number of hydrogen-bond acceptors (Lipinski definition) is 2. The van der Waals surface area contributed by atoms with E-state index in [4.69, 9.17) is 0 Å². The smallest absolute Gasteiger partial charge is 0.226 e. The van der Waals surface area contributed by atoms with Gasteiger partial charge in [0.25, 0.3) is 0 Å². The van der Waals surface area contributed by atoms with Crippen molar-refractivity contribution in [1.82, 2.24) is 0 Å². The molecule has 0 bridgehead atoms. The Morgan fingerprint density at radius 2 is 1.62 bits per heavy atom. The summed E-state index contributed by atoms with van der Waals surface area (Å²) in [5, 5.41) is 2.96. The first-order chi connectivity index (χ1) is 11.4. The van der Waals surface area contributed by atoms with E-state index >= 15 is 0 Å². The molecule has 0 aliphatic rings. The van der Waals surface area contributed by atoms with Crippen molar-refractivity contribution in [2.75, 3.05) is 16.8 Å². The molecule has 2 aromatic rings. The summed E-state index contributed by atoms with van der Waals surface area (Å²) in [7, 11) is 0. The van der Waals surface area contributed by atoms with E-state index in [1.54, 1.807) is 4.90 Å². The summed E-state index contributed by atoms with van der Waals surface area (Å²) < 4.78 is 0. The van der Waals surface area contributed by atoms with Crippen LogP contribution in [-0.4, -0.2) is 18.4 Å². The second kappa shape index (κ2) is 7.77. The van der Waals surface area contributed by atoms with E-state index in [-0.39, 0.29) is 18.2 Å². The van der Waals surface area contributed by atoms with Crippen LogP contribution < -0.4 is 10.2 Å². The minimum absolute atomic E-state index is 0.0690. The van der Waals surface area contributed by atoms with E-state index in [9.17, 15) is 9.59 Å². The maximum Gasteiger partial charge on any atom is 0.226 e. The number of nitrogens with one attached hydrogen (secondary N) is 1. The highest BCUT2D eigenvalue weighted by molar-refractivity contribution is 5.95. The van der Waals surface area contributed by atoms with Gasteiger partial charge >= 0.3 is 0 Å². The number of benzene rings is 2. The normalized spacial score (nSPS) is 10.3. The average molecular weight is 324 g/mol. The Morgan fingerprint density at radius 1 is 1.00 bits per heavy atom. The Labute approximate surface area is 143 Å². The van der Waals surface area contributed by atoms with Gasteiger partial charge in [0.15, 0.2) is 0 Å². The first-order valence-electron chi connectivity index (χ1n) is 8.09. The van der Waals surface area contributed by atoms with Gasteiger partial charge in [-0.3, -0.25) is 9.59 Å². The Balaban J connectivity index is 2.04. The topological polar surface area (TPSA) is 49.4 Å². The quantitative estimate of drug-likeness (QED) is 0.904. The second-order valence-electron chi connectivity index (χ2n) is 6.07. The van der Waals surface area contributed by atoms with Crippen LogP contribution in [0.2, 0.25) is 0 Å². The molecule has 2 amide bonds. The molecule has 0 saturated carbocycles. The molecule has 0 heterocycles. The van der Waals surface area contributed by atoms with Crippen molar-refractivity contribution < 1.29 is 9.59 Å². The van der Waals surface area contributed by atoms with Crippen molar-refractivity contribution in [2.45, 2.75) is 34.1 Å². The van der Waals surface area contributed by atoms with Crippen molar-refractivity contribution in [2.24, 2.45) is 0 Å². The molecule has 0 atom stereocenters. The van der Waals surface area contributed by atoms with Crippen molar-refractivity contribution in [3.8, 4) is 0 Å². The lowest BCUT2D eigenvalue weighted by Crippen LogP contribution is -2.32. The summed E-state index contributed by atoms with van der Waals surface area (Å²) in [5.41, 5.74) is 4.82. The number of amides is 2. The zero-order valence-electron chi connectivity index (χ0n) is 14.7. The number of aryl methyl sites for hydroxylation is 3. The highest BCUT2D eigenvalue weighted by atomic mass is 16.2. The van der Waals surface area contributed by atoms with Crippen LogP contribution in [-0.2, 0) is 9.59 Å². The number of carbonyl (C=O) groups is 2. The molecule has 0 aliphatic carbocycles. The van der Waals surface area contributed by atoms with Crippen LogP contribution in [0.4, 0.5) is 11.4 Å². The van der Waals surface area contributed by atoms with Crippen LogP contribution in [0, 0.1) is 20.8 Å². The van der Waals surface area contributed by atoms with Gasteiger partial charge in [-0.1, -0.05) is 30.3 Å². The van der Waals surface area contributed by atoms with E-state index < -0.39 is 0 Å². The number of rotatable bonds is 5. The zero-order chi connectivity index (χ0) is 17.7. The van der Waals surface area contributed by atoms with Crippen LogP contribution in [0.5, 0.6) is 0 Å². The van der Waals surface area contributed by atoms with Crippen molar-refractivity contribution >= 4 is 23.2 Å². The number of nitrogens with zero attached hydrogens (tertiary/aromatic N) is 1. The summed E-state index contributed by atoms with van der Waals surface area (Å²) in [6, 6.07) is 13.6. The van der Waals surface area contributed by atoms with Crippen LogP contribution in [0.25, 0.3) is 0 Å². The van der Waals surface area contributed by atoms with Gasteiger partial charge in [-0.25, -0.2) is 0 Å². The molecule has 4 heteroatoms. The van der Waals surface area contributed by atoms with E-state index in [2.05, 4.69) is 5.32 Å². The fourth-order valence-corrected chi connectivity index (χ4v) is 2.69. The van der Waals surface area contributed by atoms with E-state index in [1.807, 2.05) is 63.2 Å². The number of carbonyl (C=O) groups excluding carboxylic acids is 2. The third-order valence-corrected chi connectivity index (χ3v) is 4.00. The lowest BCUT2D eigenvalue weighted by Gasteiger charge is -2.21. The van der Waals surface area contributed by atoms with Gasteiger partial charge in [-0.2, -0.15) is 0 Å². The van der Waals surface area contributed by atoms with Gasteiger partial charge < -0.3 is 10.2 Å². The Hall–Kier alpha value is -2.62. The molecule has 0 aliphatic heterocycles. The third-order valence-electron chi connectivity index (χ3n) is 4.00. The van der Waals surface area contributed by atoms with E-state index in [1.165, 1.54) is 6.92 Å². The SMILES string of the molecule is CC(=O)N(CCC(=O)Nc1c(C)cccc1C)c1cccc(C)c1. The summed E-state index contributed by atoms with van der Waals surface area (Å²) in [4.78, 5) is 25.9. The van der Waals surface area contributed by atoms with E-state index in [0.717, 1.165) is 28.1 Å². The average Bonchev–Trinajstić information content (AvgIpc) is 2.51. The van der Waals surface area contributed by atoms with Gasteiger partial charge in [0, 0.05) is 31.3 Å². The monoisotopic (exact) mass is 324 g/mol. The molecule has 1 N–H and O–H groups in total. The summed E-state index contributed by atoms with van der Waals surface area (Å²) in [6.45, 7) is 7.80. The van der Waals surface area contributed by atoms with Crippen LogP contribution in [0.1, 0.15) is 30.0 Å². The van der Waals surface area contributed by atoms with Crippen molar-refractivity contribution in [3.63, 3.8) is 0 Å². The predicted molar refractivity (Wildman–Crippen MR) is 98.4 cm³/mol. The van der Waals surface area contributed by atoms with Crippen molar-refractivity contribution in [1.29, 1.82) is 0 Å². The zero-order valence-corrected chi connectivity index (χ0v) is 14.7. The molecule has 0 spiro atoms. The number of para-hydroxylation sites is 1. The number of hydrogen-bond donors (Lipinski definition) is 1. The van der Waals surface area contributed by atoms with Gasteiger partial charge in [0.1, 0.15) is 0 Å².